The standard InChI is InChI=1S/C4H7N5O3/c5-3(11)7-1-2(10)8-4(12)9(1)6/h1H,6H2,(H3,5,7,11)(H,8,10,12). The highest BCUT2D eigenvalue weighted by molar-refractivity contribution is 6.04. The fourth-order valence-corrected chi connectivity index (χ4v) is 0.752. The van der Waals surface area contributed by atoms with Crippen molar-refractivity contribution in [1.29, 1.82) is 0 Å². The van der Waals surface area contributed by atoms with Gasteiger partial charge in [0.25, 0.3) is 5.91 Å². The van der Waals surface area contributed by atoms with Gasteiger partial charge in [0.2, 0.25) is 6.17 Å². The first kappa shape index (κ1) is 8.27. The molecule has 1 heterocycles. The molecule has 0 saturated carbocycles. The molecule has 1 atom stereocenters. The van der Waals surface area contributed by atoms with E-state index in [4.69, 9.17) is 11.6 Å². The molecule has 0 aromatic carbocycles. The molecule has 66 valence electrons. The Bertz CT molecular complexity index is 251. The molecule has 5 amide bonds. The van der Waals surface area contributed by atoms with Crippen molar-refractivity contribution in [2.75, 3.05) is 0 Å². The van der Waals surface area contributed by atoms with Crippen LogP contribution in [0, 0.1) is 0 Å². The highest BCUT2D eigenvalue weighted by Crippen LogP contribution is 1.98. The van der Waals surface area contributed by atoms with Crippen molar-refractivity contribution in [2.24, 2.45) is 11.6 Å². The molecule has 1 aliphatic heterocycles. The molecule has 1 saturated heterocycles. The summed E-state index contributed by atoms with van der Waals surface area (Å²) < 4.78 is 0. The van der Waals surface area contributed by atoms with E-state index in [1.165, 1.54) is 0 Å². The second kappa shape index (κ2) is 2.66. The predicted molar refractivity (Wildman–Crippen MR) is 36.1 cm³/mol. The zero-order chi connectivity index (χ0) is 9.30. The Kier molecular flexibility index (Phi) is 1.83. The molecule has 8 heteroatoms. The van der Waals surface area contributed by atoms with Gasteiger partial charge in [-0.05, 0) is 0 Å². The van der Waals surface area contributed by atoms with Gasteiger partial charge in [0.1, 0.15) is 0 Å². The minimum atomic E-state index is -1.21. The van der Waals surface area contributed by atoms with Crippen molar-refractivity contribution in [2.45, 2.75) is 6.17 Å². The molecule has 1 fully saturated rings. The van der Waals surface area contributed by atoms with Crippen LogP contribution in [0.25, 0.3) is 0 Å². The Morgan fingerprint density at radius 3 is 2.50 bits per heavy atom. The van der Waals surface area contributed by atoms with E-state index in [0.717, 1.165) is 0 Å². The molecule has 12 heavy (non-hydrogen) atoms. The number of carbonyl (C=O) groups excluding carboxylic acids is 3. The molecule has 6 N–H and O–H groups in total. The third kappa shape index (κ3) is 1.27. The number of urea groups is 2. The molecule has 1 unspecified atom stereocenters. The number of primary amides is 1. The minimum Gasteiger partial charge on any atom is -0.352 e. The van der Waals surface area contributed by atoms with Gasteiger partial charge in [0.15, 0.2) is 0 Å². The summed E-state index contributed by atoms with van der Waals surface area (Å²) >= 11 is 0. The van der Waals surface area contributed by atoms with Crippen LogP contribution in [0.5, 0.6) is 0 Å². The molecule has 0 aliphatic carbocycles. The summed E-state index contributed by atoms with van der Waals surface area (Å²) in [4.78, 5) is 31.8. The third-order valence-electron chi connectivity index (χ3n) is 1.27. The Balaban J connectivity index is 2.70. The summed E-state index contributed by atoms with van der Waals surface area (Å²) in [6.45, 7) is 0. The van der Waals surface area contributed by atoms with Crippen molar-refractivity contribution >= 4 is 18.0 Å². The molecule has 1 aliphatic rings. The van der Waals surface area contributed by atoms with Gasteiger partial charge < -0.3 is 11.1 Å². The van der Waals surface area contributed by atoms with E-state index in [9.17, 15) is 14.4 Å². The number of amides is 5. The number of hydrogen-bond acceptors (Lipinski definition) is 4. The zero-order valence-electron chi connectivity index (χ0n) is 5.90. The maximum atomic E-state index is 10.8. The van der Waals surface area contributed by atoms with Crippen LogP contribution < -0.4 is 22.2 Å². The van der Waals surface area contributed by atoms with Gasteiger partial charge >= 0.3 is 12.1 Å². The van der Waals surface area contributed by atoms with Crippen LogP contribution in [-0.4, -0.2) is 29.1 Å². The maximum absolute atomic E-state index is 10.8. The van der Waals surface area contributed by atoms with E-state index in [1.807, 2.05) is 10.6 Å². The number of imide groups is 1. The number of hydrogen-bond donors (Lipinski definition) is 4. The normalized spacial score (nSPS) is 22.4. The lowest BCUT2D eigenvalue weighted by molar-refractivity contribution is -0.122. The van der Waals surface area contributed by atoms with Crippen LogP contribution in [0.2, 0.25) is 0 Å². The largest absolute Gasteiger partial charge is 0.352 e. The van der Waals surface area contributed by atoms with E-state index in [-0.39, 0.29) is 0 Å². The highest BCUT2D eigenvalue weighted by atomic mass is 16.2. The number of nitrogens with zero attached hydrogens (tertiary/aromatic N) is 1. The lowest BCUT2D eigenvalue weighted by atomic mass is 10.5. The molecule has 0 spiro atoms. The van der Waals surface area contributed by atoms with E-state index in [2.05, 4.69) is 0 Å². The number of carbonyl (C=O) groups is 3. The van der Waals surface area contributed by atoms with E-state index >= 15 is 0 Å². The number of hydrazine groups is 1. The van der Waals surface area contributed by atoms with Gasteiger partial charge in [-0.15, -0.1) is 0 Å². The fourth-order valence-electron chi connectivity index (χ4n) is 0.752. The van der Waals surface area contributed by atoms with Crippen LogP contribution in [0.3, 0.4) is 0 Å². The fraction of sp³-hybridized carbons (Fsp3) is 0.250. The van der Waals surface area contributed by atoms with Crippen LogP contribution in [0.4, 0.5) is 9.59 Å². The molecule has 0 radical (unpaired) electrons. The van der Waals surface area contributed by atoms with Crippen LogP contribution in [-0.2, 0) is 4.79 Å². The molecular formula is C4H7N5O3. The van der Waals surface area contributed by atoms with Crippen molar-refractivity contribution < 1.29 is 14.4 Å². The van der Waals surface area contributed by atoms with Crippen molar-refractivity contribution in [3.8, 4) is 0 Å². The van der Waals surface area contributed by atoms with Crippen LogP contribution in [0.15, 0.2) is 0 Å². The van der Waals surface area contributed by atoms with E-state index in [1.54, 1.807) is 0 Å². The summed E-state index contributed by atoms with van der Waals surface area (Å²) in [6.07, 6.45) is -1.21. The molecule has 0 aromatic heterocycles. The van der Waals surface area contributed by atoms with Crippen LogP contribution >= 0.6 is 0 Å². The van der Waals surface area contributed by atoms with Crippen molar-refractivity contribution in [1.82, 2.24) is 15.6 Å². The Labute approximate surface area is 66.8 Å². The first-order chi connectivity index (χ1) is 5.52. The van der Waals surface area contributed by atoms with Crippen molar-refractivity contribution in [3.63, 3.8) is 0 Å². The summed E-state index contributed by atoms with van der Waals surface area (Å²) in [5.74, 6) is 4.38. The third-order valence-corrected chi connectivity index (χ3v) is 1.27. The molecular weight excluding hydrogens is 166 g/mol. The molecule has 0 bridgehead atoms. The van der Waals surface area contributed by atoms with Gasteiger partial charge in [-0.3, -0.25) is 10.1 Å². The first-order valence-electron chi connectivity index (χ1n) is 2.97. The first-order valence-corrected chi connectivity index (χ1v) is 2.97. The highest BCUT2D eigenvalue weighted by Gasteiger charge is 2.37. The monoisotopic (exact) mass is 173 g/mol. The van der Waals surface area contributed by atoms with Crippen molar-refractivity contribution in [3.05, 3.63) is 0 Å². The lowest BCUT2D eigenvalue weighted by Crippen LogP contribution is -2.53. The average Bonchev–Trinajstić information content (AvgIpc) is 2.16. The SMILES string of the molecule is NC(=O)NC1C(=O)NC(=O)N1N. The Morgan fingerprint density at radius 1 is 1.58 bits per heavy atom. The maximum Gasteiger partial charge on any atom is 0.340 e. The lowest BCUT2D eigenvalue weighted by Gasteiger charge is -2.14. The van der Waals surface area contributed by atoms with Crippen LogP contribution in [0.1, 0.15) is 0 Å². The topological polar surface area (TPSA) is 131 Å². The quantitative estimate of drug-likeness (QED) is 0.197. The summed E-state index contributed by atoms with van der Waals surface area (Å²) in [7, 11) is 0. The molecule has 0 aromatic rings. The predicted octanol–water partition coefficient (Wildman–Crippen LogP) is -2.59. The van der Waals surface area contributed by atoms with E-state index < -0.39 is 24.1 Å². The summed E-state index contributed by atoms with van der Waals surface area (Å²) in [6, 6.07) is -1.71. The smallest absolute Gasteiger partial charge is 0.340 e. The minimum absolute atomic E-state index is 0.549. The van der Waals surface area contributed by atoms with Gasteiger partial charge in [-0.1, -0.05) is 0 Å². The molecule has 8 nitrogen and oxygen atoms in total. The number of nitrogens with one attached hydrogen (secondary N) is 2. The summed E-state index contributed by atoms with van der Waals surface area (Å²) in [5.41, 5.74) is 4.72. The van der Waals surface area contributed by atoms with Gasteiger partial charge in [-0.25, -0.2) is 20.4 Å². The Morgan fingerprint density at radius 2 is 2.17 bits per heavy atom. The summed E-state index contributed by atoms with van der Waals surface area (Å²) in [5, 5.41) is 4.40. The zero-order valence-corrected chi connectivity index (χ0v) is 5.90. The van der Waals surface area contributed by atoms with Gasteiger partial charge in [-0.2, -0.15) is 0 Å². The van der Waals surface area contributed by atoms with Gasteiger partial charge in [0, 0.05) is 0 Å². The number of rotatable bonds is 1. The average molecular weight is 173 g/mol. The van der Waals surface area contributed by atoms with Gasteiger partial charge in [0.05, 0.1) is 0 Å². The number of nitrogens with two attached hydrogens (primary N) is 2. The second-order valence-corrected chi connectivity index (χ2v) is 2.11. The Hall–Kier alpha value is -1.83. The van der Waals surface area contributed by atoms with E-state index in [0.29, 0.717) is 5.01 Å². The molecule has 1 rings (SSSR count). The second-order valence-electron chi connectivity index (χ2n) is 2.11.